The lowest BCUT2D eigenvalue weighted by atomic mass is 9.95. The molecule has 1 aromatic heterocycles. The monoisotopic (exact) mass is 336 g/mol. The van der Waals surface area contributed by atoms with E-state index in [1.165, 1.54) is 20.9 Å². The minimum atomic E-state index is -0.120. The molecule has 5 heteroatoms. The highest BCUT2D eigenvalue weighted by molar-refractivity contribution is 7.11. The number of carbonyl (C=O) groups excluding carboxylic acids is 1. The van der Waals surface area contributed by atoms with E-state index in [-0.39, 0.29) is 24.4 Å². The lowest BCUT2D eigenvalue weighted by Gasteiger charge is -2.25. The van der Waals surface area contributed by atoms with E-state index in [9.17, 15) is 4.79 Å². The fourth-order valence-electron chi connectivity index (χ4n) is 2.64. The highest BCUT2D eigenvalue weighted by Gasteiger charge is 2.23. The lowest BCUT2D eigenvalue weighted by molar-refractivity contribution is -0.123. The van der Waals surface area contributed by atoms with Gasteiger partial charge in [-0.05, 0) is 36.1 Å². The average molecular weight is 337 g/mol. The Morgan fingerprint density at radius 1 is 1.23 bits per heavy atom. The van der Waals surface area contributed by atoms with Gasteiger partial charge >= 0.3 is 0 Å². The second kappa shape index (κ2) is 7.77. The van der Waals surface area contributed by atoms with Gasteiger partial charge in [0, 0.05) is 16.3 Å². The molecule has 1 aromatic carbocycles. The van der Waals surface area contributed by atoms with Crippen molar-refractivity contribution in [3.63, 3.8) is 0 Å². The summed E-state index contributed by atoms with van der Waals surface area (Å²) in [6.07, 6.45) is 1.83. The van der Waals surface area contributed by atoms with Crippen molar-refractivity contribution < 1.29 is 4.79 Å². The van der Waals surface area contributed by atoms with Crippen molar-refractivity contribution in [3.05, 3.63) is 57.3 Å². The van der Waals surface area contributed by atoms with Crippen molar-refractivity contribution in [1.82, 2.24) is 10.6 Å². The van der Waals surface area contributed by atoms with Crippen molar-refractivity contribution in [2.45, 2.75) is 38.9 Å². The van der Waals surface area contributed by atoms with Gasteiger partial charge in [0.1, 0.15) is 0 Å². The molecule has 0 saturated carbocycles. The first-order chi connectivity index (χ1) is 10.3. The number of aryl methyl sites for hydroxylation is 1. The molecule has 0 bridgehead atoms. The van der Waals surface area contributed by atoms with Crippen LogP contribution in [0.3, 0.4) is 0 Å². The standard InChI is InChI=1S/C17H20N2OS.ClH/c1-2-14-7-8-15(21-14)11-19-17(20)16-9-12-5-3-4-6-13(12)10-18-16;/h3-8,16,18H,2,9-11H2,1H3,(H,19,20);1H. The summed E-state index contributed by atoms with van der Waals surface area (Å²) in [5.41, 5.74) is 2.58. The smallest absolute Gasteiger partial charge is 0.237 e. The first kappa shape index (κ1) is 17.0. The first-order valence-corrected chi connectivity index (χ1v) is 8.23. The van der Waals surface area contributed by atoms with Gasteiger partial charge in [-0.3, -0.25) is 4.79 Å². The number of halogens is 1. The Kier molecular flexibility index (Phi) is 6.00. The third-order valence-corrected chi connectivity index (χ3v) is 5.13. The molecular weight excluding hydrogens is 316 g/mol. The van der Waals surface area contributed by atoms with E-state index in [0.29, 0.717) is 6.54 Å². The molecule has 0 aliphatic carbocycles. The fraction of sp³-hybridized carbons (Fsp3) is 0.353. The molecule has 1 amide bonds. The predicted octanol–water partition coefficient (Wildman–Crippen LogP) is 3.06. The van der Waals surface area contributed by atoms with E-state index < -0.39 is 0 Å². The molecule has 2 heterocycles. The summed E-state index contributed by atoms with van der Waals surface area (Å²) in [6, 6.07) is 12.4. The molecule has 1 unspecified atom stereocenters. The number of hydrogen-bond acceptors (Lipinski definition) is 3. The molecule has 0 spiro atoms. The SMILES string of the molecule is CCc1ccc(CNC(=O)C2Cc3ccccc3CN2)s1.Cl. The van der Waals surface area contributed by atoms with E-state index in [4.69, 9.17) is 0 Å². The maximum Gasteiger partial charge on any atom is 0.237 e. The Morgan fingerprint density at radius 3 is 2.68 bits per heavy atom. The maximum atomic E-state index is 12.3. The molecule has 0 saturated heterocycles. The molecule has 22 heavy (non-hydrogen) atoms. The zero-order valence-corrected chi connectivity index (χ0v) is 14.2. The van der Waals surface area contributed by atoms with Crippen molar-refractivity contribution >= 4 is 29.7 Å². The van der Waals surface area contributed by atoms with E-state index in [1.54, 1.807) is 11.3 Å². The molecule has 0 fully saturated rings. The topological polar surface area (TPSA) is 41.1 Å². The van der Waals surface area contributed by atoms with Gasteiger partial charge in [-0.15, -0.1) is 23.7 Å². The largest absolute Gasteiger partial charge is 0.350 e. The van der Waals surface area contributed by atoms with Crippen LogP contribution in [0.4, 0.5) is 0 Å². The van der Waals surface area contributed by atoms with E-state index in [2.05, 4.69) is 41.8 Å². The number of benzene rings is 1. The summed E-state index contributed by atoms with van der Waals surface area (Å²) in [6.45, 7) is 3.55. The molecule has 3 nitrogen and oxygen atoms in total. The first-order valence-electron chi connectivity index (χ1n) is 7.41. The zero-order chi connectivity index (χ0) is 14.7. The van der Waals surface area contributed by atoms with Gasteiger partial charge in [0.15, 0.2) is 0 Å². The van der Waals surface area contributed by atoms with E-state index in [1.807, 2.05) is 12.1 Å². The van der Waals surface area contributed by atoms with Crippen LogP contribution in [-0.4, -0.2) is 11.9 Å². The minimum Gasteiger partial charge on any atom is -0.350 e. The molecule has 118 valence electrons. The van der Waals surface area contributed by atoms with Crippen molar-refractivity contribution in [3.8, 4) is 0 Å². The number of fused-ring (bicyclic) bond motifs is 1. The van der Waals surface area contributed by atoms with Gasteiger partial charge in [-0.25, -0.2) is 0 Å². The van der Waals surface area contributed by atoms with Crippen LogP contribution in [0, 0.1) is 0 Å². The van der Waals surface area contributed by atoms with Gasteiger partial charge in [-0.1, -0.05) is 31.2 Å². The molecule has 3 rings (SSSR count). The molecule has 1 aliphatic heterocycles. The van der Waals surface area contributed by atoms with Crippen LogP contribution in [0.1, 0.15) is 27.8 Å². The molecular formula is C17H21ClN2OS. The molecule has 2 aromatic rings. The van der Waals surface area contributed by atoms with Crippen molar-refractivity contribution in [2.24, 2.45) is 0 Å². The number of hydrogen-bond donors (Lipinski definition) is 2. The van der Waals surface area contributed by atoms with Crippen molar-refractivity contribution in [1.29, 1.82) is 0 Å². The Balaban J connectivity index is 0.00000176. The third kappa shape index (κ3) is 3.88. The van der Waals surface area contributed by atoms with E-state index >= 15 is 0 Å². The normalized spacial score (nSPS) is 16.5. The zero-order valence-electron chi connectivity index (χ0n) is 12.6. The van der Waals surface area contributed by atoms with Crippen LogP contribution in [0.15, 0.2) is 36.4 Å². The number of nitrogens with one attached hydrogen (secondary N) is 2. The van der Waals surface area contributed by atoms with E-state index in [0.717, 1.165) is 19.4 Å². The van der Waals surface area contributed by atoms with Crippen LogP contribution in [0.2, 0.25) is 0 Å². The maximum absolute atomic E-state index is 12.3. The van der Waals surface area contributed by atoms with Gasteiger partial charge in [0.2, 0.25) is 5.91 Å². The van der Waals surface area contributed by atoms with Crippen LogP contribution in [0.25, 0.3) is 0 Å². The fourth-order valence-corrected chi connectivity index (χ4v) is 3.54. The summed E-state index contributed by atoms with van der Waals surface area (Å²) in [4.78, 5) is 14.9. The molecule has 0 radical (unpaired) electrons. The Bertz CT molecular complexity index is 641. The van der Waals surface area contributed by atoms with Crippen LogP contribution < -0.4 is 10.6 Å². The lowest BCUT2D eigenvalue weighted by Crippen LogP contribution is -2.47. The van der Waals surface area contributed by atoms with Crippen LogP contribution in [-0.2, 0) is 30.7 Å². The quantitative estimate of drug-likeness (QED) is 0.901. The summed E-state index contributed by atoms with van der Waals surface area (Å²) in [5, 5.41) is 6.36. The molecule has 2 N–H and O–H groups in total. The summed E-state index contributed by atoms with van der Waals surface area (Å²) < 4.78 is 0. The third-order valence-electron chi connectivity index (χ3n) is 3.90. The minimum absolute atomic E-state index is 0. The Morgan fingerprint density at radius 2 is 1.95 bits per heavy atom. The van der Waals surface area contributed by atoms with Crippen LogP contribution in [0.5, 0.6) is 0 Å². The molecule has 1 atom stereocenters. The average Bonchev–Trinajstić information content (AvgIpc) is 3.00. The molecule has 1 aliphatic rings. The summed E-state index contributed by atoms with van der Waals surface area (Å²) in [5.74, 6) is 0.0935. The predicted molar refractivity (Wildman–Crippen MR) is 93.6 cm³/mol. The Hall–Kier alpha value is -1.36. The van der Waals surface area contributed by atoms with Gasteiger partial charge in [-0.2, -0.15) is 0 Å². The number of rotatable bonds is 4. The van der Waals surface area contributed by atoms with Gasteiger partial charge in [0.05, 0.1) is 12.6 Å². The number of thiophene rings is 1. The van der Waals surface area contributed by atoms with Gasteiger partial charge < -0.3 is 10.6 Å². The summed E-state index contributed by atoms with van der Waals surface area (Å²) >= 11 is 1.77. The van der Waals surface area contributed by atoms with Crippen LogP contribution >= 0.6 is 23.7 Å². The summed E-state index contributed by atoms with van der Waals surface area (Å²) in [7, 11) is 0. The van der Waals surface area contributed by atoms with Crippen molar-refractivity contribution in [2.75, 3.05) is 0 Å². The second-order valence-corrected chi connectivity index (χ2v) is 6.60. The Labute approximate surface area is 141 Å². The van der Waals surface area contributed by atoms with Gasteiger partial charge in [0.25, 0.3) is 0 Å². The number of amides is 1. The highest BCUT2D eigenvalue weighted by Crippen LogP contribution is 2.18. The highest BCUT2D eigenvalue weighted by atomic mass is 35.5. The second-order valence-electron chi connectivity index (χ2n) is 5.35. The number of carbonyl (C=O) groups is 1.